The van der Waals surface area contributed by atoms with E-state index >= 15 is 0 Å². The Hall–Kier alpha value is -1.81. The normalized spacial score (nSPS) is 16.7. The minimum Gasteiger partial charge on any atom is -0.376 e. The molecule has 1 aliphatic rings. The number of para-hydroxylation sites is 1. The second kappa shape index (κ2) is 5.90. The van der Waals surface area contributed by atoms with Gasteiger partial charge < -0.3 is 10.2 Å². The van der Waals surface area contributed by atoms with Crippen molar-refractivity contribution in [3.05, 3.63) is 58.6 Å². The Balaban J connectivity index is 1.70. The smallest absolute Gasteiger partial charge is 0.246 e. The zero-order valence-electron chi connectivity index (χ0n) is 11.8. The van der Waals surface area contributed by atoms with Crippen LogP contribution in [0.2, 0.25) is 0 Å². The minimum atomic E-state index is 0.107. The molecule has 0 radical (unpaired) electrons. The Morgan fingerprint density at radius 1 is 1.24 bits per heavy atom. The number of amides is 1. The lowest BCUT2D eigenvalue weighted by atomic mass is 10.1. The van der Waals surface area contributed by atoms with E-state index in [-0.39, 0.29) is 11.9 Å². The van der Waals surface area contributed by atoms with Crippen LogP contribution in [0.4, 0.5) is 11.4 Å². The summed E-state index contributed by atoms with van der Waals surface area (Å²) in [6, 6.07) is 16.2. The summed E-state index contributed by atoms with van der Waals surface area (Å²) in [5, 5.41) is 3.19. The maximum Gasteiger partial charge on any atom is 0.246 e. The van der Waals surface area contributed by atoms with Gasteiger partial charge in [-0.2, -0.15) is 0 Å². The molecule has 0 saturated heterocycles. The van der Waals surface area contributed by atoms with Gasteiger partial charge in [0.15, 0.2) is 0 Å². The van der Waals surface area contributed by atoms with Crippen LogP contribution in [-0.2, 0) is 11.2 Å². The quantitative estimate of drug-likeness (QED) is 0.917. The molecule has 1 heterocycles. The highest BCUT2D eigenvalue weighted by molar-refractivity contribution is 9.10. The van der Waals surface area contributed by atoms with Gasteiger partial charge >= 0.3 is 0 Å². The van der Waals surface area contributed by atoms with E-state index in [1.165, 1.54) is 5.56 Å². The van der Waals surface area contributed by atoms with Crippen molar-refractivity contribution in [3.63, 3.8) is 0 Å². The number of carbonyl (C=O) groups is 1. The summed E-state index contributed by atoms with van der Waals surface area (Å²) in [6.07, 6.45) is 0.931. The van der Waals surface area contributed by atoms with Gasteiger partial charge in [-0.3, -0.25) is 4.79 Å². The molecule has 1 N–H and O–H groups in total. The fourth-order valence-electron chi connectivity index (χ4n) is 2.78. The summed E-state index contributed by atoms with van der Waals surface area (Å²) >= 11 is 3.40. The van der Waals surface area contributed by atoms with E-state index in [9.17, 15) is 4.79 Å². The molecule has 4 heteroatoms. The van der Waals surface area contributed by atoms with E-state index in [0.29, 0.717) is 6.54 Å². The predicted molar refractivity (Wildman–Crippen MR) is 89.7 cm³/mol. The summed E-state index contributed by atoms with van der Waals surface area (Å²) in [5.74, 6) is 0.107. The van der Waals surface area contributed by atoms with Gasteiger partial charge in [-0.25, -0.2) is 0 Å². The highest BCUT2D eigenvalue weighted by Gasteiger charge is 2.29. The molecule has 1 amide bonds. The molecule has 3 nitrogen and oxygen atoms in total. The number of hydrogen-bond donors (Lipinski definition) is 1. The fraction of sp³-hybridized carbons (Fsp3) is 0.235. The molecule has 21 heavy (non-hydrogen) atoms. The fourth-order valence-corrected chi connectivity index (χ4v) is 3.04. The summed E-state index contributed by atoms with van der Waals surface area (Å²) in [5.41, 5.74) is 3.25. The third-order valence-electron chi connectivity index (χ3n) is 3.76. The summed E-state index contributed by atoms with van der Waals surface area (Å²) in [6.45, 7) is 2.40. The second-order valence-electron chi connectivity index (χ2n) is 5.31. The number of anilines is 2. The molecule has 1 atom stereocenters. The van der Waals surface area contributed by atoms with Gasteiger partial charge in [-0.15, -0.1) is 0 Å². The third-order valence-corrected chi connectivity index (χ3v) is 4.29. The van der Waals surface area contributed by atoms with Crippen molar-refractivity contribution in [3.8, 4) is 0 Å². The van der Waals surface area contributed by atoms with Crippen molar-refractivity contribution in [2.24, 2.45) is 0 Å². The third kappa shape index (κ3) is 2.95. The molecule has 0 saturated carbocycles. The number of benzene rings is 2. The average Bonchev–Trinajstić information content (AvgIpc) is 2.82. The molecule has 2 aromatic carbocycles. The summed E-state index contributed by atoms with van der Waals surface area (Å²) in [7, 11) is 0. The molecule has 3 rings (SSSR count). The molecule has 108 valence electrons. The Morgan fingerprint density at radius 3 is 2.71 bits per heavy atom. The molecule has 2 aromatic rings. The summed E-state index contributed by atoms with van der Waals surface area (Å²) < 4.78 is 1.03. The molecule has 0 aliphatic carbocycles. The van der Waals surface area contributed by atoms with Crippen molar-refractivity contribution in [2.75, 3.05) is 16.8 Å². The maximum absolute atomic E-state index is 12.5. The van der Waals surface area contributed by atoms with Crippen LogP contribution in [0.25, 0.3) is 0 Å². The Bertz CT molecular complexity index is 654. The SMILES string of the molecule is CC1Cc2ccccc2N1C(=O)CNc1ccc(Br)cc1. The van der Waals surface area contributed by atoms with E-state index in [0.717, 1.165) is 22.3 Å². The molecular formula is C17H17BrN2O. The van der Waals surface area contributed by atoms with Gasteiger partial charge in [0, 0.05) is 21.9 Å². The van der Waals surface area contributed by atoms with Crippen molar-refractivity contribution in [1.29, 1.82) is 0 Å². The van der Waals surface area contributed by atoms with Crippen LogP contribution in [0.15, 0.2) is 53.0 Å². The number of halogens is 1. The van der Waals surface area contributed by atoms with Crippen molar-refractivity contribution in [1.82, 2.24) is 0 Å². The first-order valence-electron chi connectivity index (χ1n) is 7.04. The van der Waals surface area contributed by atoms with E-state index < -0.39 is 0 Å². The lowest BCUT2D eigenvalue weighted by Crippen LogP contribution is -2.39. The predicted octanol–water partition coefficient (Wildman–Crippen LogP) is 3.84. The molecule has 1 aliphatic heterocycles. The number of nitrogens with one attached hydrogen (secondary N) is 1. The topological polar surface area (TPSA) is 32.3 Å². The molecule has 1 unspecified atom stereocenters. The minimum absolute atomic E-state index is 0.107. The summed E-state index contributed by atoms with van der Waals surface area (Å²) in [4.78, 5) is 14.4. The zero-order valence-corrected chi connectivity index (χ0v) is 13.4. The lowest BCUT2D eigenvalue weighted by Gasteiger charge is -2.23. The van der Waals surface area contributed by atoms with Gasteiger partial charge in [0.2, 0.25) is 5.91 Å². The van der Waals surface area contributed by atoms with Crippen LogP contribution in [0.5, 0.6) is 0 Å². The van der Waals surface area contributed by atoms with Gasteiger partial charge in [0.25, 0.3) is 0 Å². The van der Waals surface area contributed by atoms with Gasteiger partial charge in [-0.1, -0.05) is 34.1 Å². The zero-order chi connectivity index (χ0) is 14.8. The van der Waals surface area contributed by atoms with E-state index in [4.69, 9.17) is 0 Å². The number of carbonyl (C=O) groups excluding carboxylic acids is 1. The lowest BCUT2D eigenvalue weighted by molar-refractivity contribution is -0.117. The Morgan fingerprint density at radius 2 is 1.95 bits per heavy atom. The van der Waals surface area contributed by atoms with Crippen LogP contribution in [0.3, 0.4) is 0 Å². The standard InChI is InChI=1S/C17H17BrN2O/c1-12-10-13-4-2-3-5-16(13)20(12)17(21)11-19-15-8-6-14(18)7-9-15/h2-9,12,19H,10-11H2,1H3. The molecule has 0 fully saturated rings. The number of rotatable bonds is 3. The number of nitrogens with zero attached hydrogens (tertiary/aromatic N) is 1. The van der Waals surface area contributed by atoms with Crippen molar-refractivity contribution in [2.45, 2.75) is 19.4 Å². The van der Waals surface area contributed by atoms with Gasteiger partial charge in [-0.05, 0) is 49.2 Å². The van der Waals surface area contributed by atoms with Gasteiger partial charge in [0.1, 0.15) is 0 Å². The average molecular weight is 345 g/mol. The monoisotopic (exact) mass is 344 g/mol. The molecule has 0 bridgehead atoms. The van der Waals surface area contributed by atoms with E-state index in [1.807, 2.05) is 47.4 Å². The van der Waals surface area contributed by atoms with Gasteiger partial charge in [0.05, 0.1) is 6.54 Å². The van der Waals surface area contributed by atoms with Crippen LogP contribution >= 0.6 is 15.9 Å². The first kappa shape index (κ1) is 14.1. The number of fused-ring (bicyclic) bond motifs is 1. The highest BCUT2D eigenvalue weighted by Crippen LogP contribution is 2.31. The first-order valence-corrected chi connectivity index (χ1v) is 7.84. The highest BCUT2D eigenvalue weighted by atomic mass is 79.9. The Labute approximate surface area is 133 Å². The largest absolute Gasteiger partial charge is 0.376 e. The second-order valence-corrected chi connectivity index (χ2v) is 6.22. The number of hydrogen-bond acceptors (Lipinski definition) is 2. The first-order chi connectivity index (χ1) is 10.1. The van der Waals surface area contributed by atoms with E-state index in [2.05, 4.69) is 34.2 Å². The van der Waals surface area contributed by atoms with Crippen molar-refractivity contribution < 1.29 is 4.79 Å². The van der Waals surface area contributed by atoms with Crippen molar-refractivity contribution >= 4 is 33.2 Å². The maximum atomic E-state index is 12.5. The van der Waals surface area contributed by atoms with Crippen LogP contribution in [-0.4, -0.2) is 18.5 Å². The molecule has 0 spiro atoms. The molecule has 0 aromatic heterocycles. The van der Waals surface area contributed by atoms with Crippen LogP contribution < -0.4 is 10.2 Å². The Kier molecular flexibility index (Phi) is 3.97. The van der Waals surface area contributed by atoms with E-state index in [1.54, 1.807) is 0 Å². The van der Waals surface area contributed by atoms with Crippen LogP contribution in [0.1, 0.15) is 12.5 Å². The molecular weight excluding hydrogens is 328 g/mol. The van der Waals surface area contributed by atoms with Crippen LogP contribution in [0, 0.1) is 0 Å².